The van der Waals surface area contributed by atoms with Crippen molar-refractivity contribution in [3.8, 4) is 0 Å². The Morgan fingerprint density at radius 3 is 2.00 bits per heavy atom. The van der Waals surface area contributed by atoms with Crippen molar-refractivity contribution >= 4 is 23.2 Å². The van der Waals surface area contributed by atoms with Gasteiger partial charge in [-0.05, 0) is 0 Å². The summed E-state index contributed by atoms with van der Waals surface area (Å²) in [5.41, 5.74) is 0.856. The summed E-state index contributed by atoms with van der Waals surface area (Å²) >= 11 is 12.5. The monoisotopic (exact) mass is 320 g/mol. The second-order valence-electron chi connectivity index (χ2n) is 2.10. The molecule has 0 aliphatic carbocycles. The maximum absolute atomic E-state index is 12.6. The Hall–Kier alpha value is 0.833. The first-order valence-electron chi connectivity index (χ1n) is 3.08. The minimum absolute atomic E-state index is 0. The van der Waals surface area contributed by atoms with E-state index in [2.05, 4.69) is 0 Å². The fourth-order valence-electron chi connectivity index (χ4n) is 0.811. The maximum atomic E-state index is 12.6. The predicted octanol–water partition coefficient (Wildman–Crippen LogP) is 0.183. The van der Waals surface area contributed by atoms with Gasteiger partial charge in [0.25, 0.3) is 0 Å². The SMILES string of the molecule is Fc1cc(Cl)c([CH2][Zn+])c(Cl)c1.[Br-]. The molecule has 0 amide bonds. The Morgan fingerprint density at radius 1 is 1.25 bits per heavy atom. The van der Waals surface area contributed by atoms with E-state index in [1.165, 1.54) is 12.1 Å². The Kier molecular flexibility index (Phi) is 5.92. The van der Waals surface area contributed by atoms with Crippen LogP contribution in [0.4, 0.5) is 4.39 Å². The molecule has 1 rings (SSSR count). The molecule has 0 fully saturated rings. The normalized spacial score (nSPS) is 9.42. The van der Waals surface area contributed by atoms with Gasteiger partial charge in [0.2, 0.25) is 0 Å². The van der Waals surface area contributed by atoms with Crippen LogP contribution in [0.1, 0.15) is 5.56 Å². The molecule has 0 heterocycles. The third-order valence-corrected chi connectivity index (χ3v) is 3.08. The van der Waals surface area contributed by atoms with Gasteiger partial charge in [-0.3, -0.25) is 0 Å². The second-order valence-corrected chi connectivity index (χ2v) is 3.96. The Morgan fingerprint density at radius 2 is 1.67 bits per heavy atom. The Bertz CT molecular complexity index is 257. The molecule has 0 N–H and O–H groups in total. The quantitative estimate of drug-likeness (QED) is 0.647. The van der Waals surface area contributed by atoms with Gasteiger partial charge < -0.3 is 17.0 Å². The third kappa shape index (κ3) is 2.95. The van der Waals surface area contributed by atoms with Crippen LogP contribution in [0.3, 0.4) is 0 Å². The molecule has 0 unspecified atom stereocenters. The molecular weight excluding hydrogens is 319 g/mol. The van der Waals surface area contributed by atoms with Crippen LogP contribution in [-0.4, -0.2) is 0 Å². The summed E-state index contributed by atoms with van der Waals surface area (Å²) in [5, 5.41) is 1.71. The van der Waals surface area contributed by atoms with Crippen molar-refractivity contribution in [2.45, 2.75) is 5.02 Å². The smallest absolute Gasteiger partial charge is 1.00 e. The number of halogens is 4. The summed E-state index contributed by atoms with van der Waals surface area (Å²) < 4.78 is 12.6. The van der Waals surface area contributed by atoms with E-state index < -0.39 is 0 Å². The molecule has 1 aromatic rings. The zero-order valence-corrected chi connectivity index (χ0v) is 12.1. The summed E-state index contributed by atoms with van der Waals surface area (Å²) in [6.45, 7) is 0. The second kappa shape index (κ2) is 5.54. The van der Waals surface area contributed by atoms with E-state index >= 15 is 0 Å². The van der Waals surface area contributed by atoms with E-state index in [4.69, 9.17) is 23.2 Å². The predicted molar refractivity (Wildman–Crippen MR) is 40.1 cm³/mol. The molecule has 0 aromatic heterocycles. The molecule has 1 aromatic carbocycles. The number of hydrogen-bond donors (Lipinski definition) is 0. The molecule has 62 valence electrons. The van der Waals surface area contributed by atoms with Crippen LogP contribution in [-0.2, 0) is 23.3 Å². The van der Waals surface area contributed by atoms with Crippen LogP contribution in [0.2, 0.25) is 10.0 Å². The summed E-state index contributed by atoms with van der Waals surface area (Å²) in [7, 11) is 0. The van der Waals surface area contributed by atoms with Gasteiger partial charge in [-0.2, -0.15) is 0 Å². The van der Waals surface area contributed by atoms with Crippen LogP contribution in [0.5, 0.6) is 0 Å². The van der Waals surface area contributed by atoms with Crippen molar-refractivity contribution in [2.75, 3.05) is 0 Å². The standard InChI is InChI=1S/C7H4Cl2F.BrH.Zn/c1-4-6(8)2-5(10)3-7(4)9;;/h2-3H,1H2;1H;/q;;+1/p-1. The maximum Gasteiger partial charge on any atom is -1.00 e. The van der Waals surface area contributed by atoms with Crippen molar-refractivity contribution < 1.29 is 39.7 Å². The van der Waals surface area contributed by atoms with E-state index in [1.807, 2.05) is 0 Å². The van der Waals surface area contributed by atoms with Gasteiger partial charge in [0.15, 0.2) is 0 Å². The first kappa shape index (κ1) is 12.8. The molecule has 5 heteroatoms. The molecule has 0 saturated carbocycles. The van der Waals surface area contributed by atoms with Crippen molar-refractivity contribution in [3.63, 3.8) is 0 Å². The molecule has 0 spiro atoms. The fraction of sp³-hybridized carbons (Fsp3) is 0.143. The van der Waals surface area contributed by atoms with Crippen LogP contribution >= 0.6 is 23.2 Å². The molecule has 0 aliphatic heterocycles. The molecule has 0 radical (unpaired) electrons. The minimum Gasteiger partial charge on any atom is -1.00 e. The fourth-order valence-corrected chi connectivity index (χ4v) is 3.26. The van der Waals surface area contributed by atoms with Crippen molar-refractivity contribution in [3.05, 3.63) is 33.6 Å². The largest absolute Gasteiger partial charge is 1.00 e. The molecule has 0 saturated heterocycles. The molecular formula is C7H4BrCl2FZn. The van der Waals surface area contributed by atoms with E-state index in [9.17, 15) is 4.39 Å². The number of benzene rings is 1. The van der Waals surface area contributed by atoms with E-state index in [1.54, 1.807) is 0 Å². The zero-order valence-electron chi connectivity index (χ0n) is 6.08. The Balaban J connectivity index is 0.00000121. The van der Waals surface area contributed by atoms with Gasteiger partial charge in [-0.25, -0.2) is 0 Å². The zero-order chi connectivity index (χ0) is 8.43. The summed E-state index contributed by atoms with van der Waals surface area (Å²) in [5.74, 6) is -0.378. The van der Waals surface area contributed by atoms with Gasteiger partial charge in [0.05, 0.1) is 0 Å². The molecule has 0 aliphatic rings. The summed E-state index contributed by atoms with van der Waals surface area (Å²) in [6.07, 6.45) is 0. The van der Waals surface area contributed by atoms with Crippen molar-refractivity contribution in [1.29, 1.82) is 0 Å². The van der Waals surface area contributed by atoms with Gasteiger partial charge in [-0.15, -0.1) is 0 Å². The number of hydrogen-bond acceptors (Lipinski definition) is 0. The third-order valence-electron chi connectivity index (χ3n) is 1.36. The minimum atomic E-state index is -0.378. The average Bonchev–Trinajstić information content (AvgIpc) is 1.85. The van der Waals surface area contributed by atoms with Crippen molar-refractivity contribution in [2.24, 2.45) is 0 Å². The van der Waals surface area contributed by atoms with Crippen LogP contribution in [0, 0.1) is 5.82 Å². The molecule has 0 nitrogen and oxygen atoms in total. The summed E-state index contributed by atoms with van der Waals surface area (Å²) in [4.78, 5) is 0. The molecule has 0 atom stereocenters. The van der Waals surface area contributed by atoms with E-state index in [0.29, 0.717) is 10.0 Å². The average molecular weight is 323 g/mol. The van der Waals surface area contributed by atoms with Gasteiger partial charge >= 0.3 is 84.5 Å². The van der Waals surface area contributed by atoms with Crippen LogP contribution in [0.25, 0.3) is 0 Å². The molecule has 0 bridgehead atoms. The van der Waals surface area contributed by atoms with Crippen LogP contribution in [0.15, 0.2) is 12.1 Å². The van der Waals surface area contributed by atoms with E-state index in [0.717, 1.165) is 28.9 Å². The van der Waals surface area contributed by atoms with E-state index in [-0.39, 0.29) is 22.8 Å². The number of rotatable bonds is 1. The Labute approximate surface area is 101 Å². The van der Waals surface area contributed by atoms with Crippen LogP contribution < -0.4 is 17.0 Å². The van der Waals surface area contributed by atoms with Crippen molar-refractivity contribution in [1.82, 2.24) is 0 Å². The van der Waals surface area contributed by atoms with Gasteiger partial charge in [0, 0.05) is 0 Å². The molecule has 12 heavy (non-hydrogen) atoms. The first-order chi connectivity index (χ1) is 5.15. The topological polar surface area (TPSA) is 0 Å². The van der Waals surface area contributed by atoms with Gasteiger partial charge in [0.1, 0.15) is 0 Å². The summed E-state index contributed by atoms with van der Waals surface area (Å²) in [6, 6.07) is 2.58. The first-order valence-corrected chi connectivity index (χ1v) is 5.93. The van der Waals surface area contributed by atoms with Gasteiger partial charge in [-0.1, -0.05) is 0 Å².